The van der Waals surface area contributed by atoms with Crippen LogP contribution in [-0.2, 0) is 6.42 Å². The molecule has 3 nitrogen and oxygen atoms in total. The zero-order valence-electron chi connectivity index (χ0n) is 12.5. The van der Waals surface area contributed by atoms with Crippen molar-refractivity contribution >= 4 is 0 Å². The van der Waals surface area contributed by atoms with Crippen LogP contribution in [0.15, 0.2) is 18.2 Å². The highest BCUT2D eigenvalue weighted by Gasteiger charge is 2.56. The molecule has 0 aromatic heterocycles. The van der Waals surface area contributed by atoms with Crippen LogP contribution in [-0.4, -0.2) is 27.5 Å². The predicted octanol–water partition coefficient (Wildman–Crippen LogP) is 2.58. The molecule has 0 radical (unpaired) electrons. The third-order valence-electron chi connectivity index (χ3n) is 6.68. The molecule has 3 aliphatic carbocycles. The summed E-state index contributed by atoms with van der Waals surface area (Å²) in [5.74, 6) is 1.35. The molecule has 0 saturated heterocycles. The third kappa shape index (κ3) is 1.80. The third-order valence-corrected chi connectivity index (χ3v) is 6.68. The minimum atomic E-state index is -0.348. The molecule has 1 aromatic rings. The second-order valence-electron chi connectivity index (χ2n) is 7.58. The minimum Gasteiger partial charge on any atom is -0.508 e. The van der Waals surface area contributed by atoms with Gasteiger partial charge in [-0.15, -0.1) is 0 Å². The summed E-state index contributed by atoms with van der Waals surface area (Å²) >= 11 is 0. The minimum absolute atomic E-state index is 0.0173. The SMILES string of the molecule is CC12CCC3c4ccc(O)cc4CC(O)C3C1CC[C@@H]2O. The van der Waals surface area contributed by atoms with Gasteiger partial charge in [0.1, 0.15) is 5.75 Å². The number of phenolic OH excluding ortho intramolecular Hbond substituents is 1. The van der Waals surface area contributed by atoms with E-state index in [2.05, 4.69) is 6.92 Å². The Kier molecular flexibility index (Phi) is 2.89. The quantitative estimate of drug-likeness (QED) is 0.687. The van der Waals surface area contributed by atoms with E-state index in [1.807, 2.05) is 12.1 Å². The van der Waals surface area contributed by atoms with Gasteiger partial charge in [0, 0.05) is 0 Å². The average Bonchev–Trinajstić information content (AvgIpc) is 2.74. The second-order valence-corrected chi connectivity index (χ2v) is 7.58. The Hall–Kier alpha value is -1.06. The Morgan fingerprint density at radius 1 is 1.14 bits per heavy atom. The maximum atomic E-state index is 10.7. The summed E-state index contributed by atoms with van der Waals surface area (Å²) < 4.78 is 0. The van der Waals surface area contributed by atoms with Crippen molar-refractivity contribution in [1.29, 1.82) is 0 Å². The second kappa shape index (κ2) is 4.47. The molecule has 0 heterocycles. The largest absolute Gasteiger partial charge is 0.508 e. The molecule has 3 heteroatoms. The number of hydrogen-bond donors (Lipinski definition) is 3. The highest BCUT2D eigenvalue weighted by Crippen LogP contribution is 2.60. The molecule has 0 bridgehead atoms. The first-order chi connectivity index (χ1) is 10.0. The molecular weight excluding hydrogens is 264 g/mol. The fourth-order valence-electron chi connectivity index (χ4n) is 5.56. The fourth-order valence-corrected chi connectivity index (χ4v) is 5.56. The highest BCUT2D eigenvalue weighted by atomic mass is 16.3. The van der Waals surface area contributed by atoms with Crippen LogP contribution in [0.2, 0.25) is 0 Å². The molecule has 2 saturated carbocycles. The lowest BCUT2D eigenvalue weighted by Crippen LogP contribution is -2.49. The molecule has 21 heavy (non-hydrogen) atoms. The van der Waals surface area contributed by atoms with E-state index in [1.165, 1.54) is 5.56 Å². The highest BCUT2D eigenvalue weighted by molar-refractivity contribution is 5.41. The van der Waals surface area contributed by atoms with Crippen molar-refractivity contribution in [2.45, 2.75) is 57.2 Å². The van der Waals surface area contributed by atoms with Gasteiger partial charge in [0.25, 0.3) is 0 Å². The van der Waals surface area contributed by atoms with E-state index in [-0.39, 0.29) is 29.3 Å². The molecule has 6 atom stereocenters. The van der Waals surface area contributed by atoms with Gasteiger partial charge in [-0.2, -0.15) is 0 Å². The van der Waals surface area contributed by atoms with Crippen LogP contribution < -0.4 is 0 Å². The van der Waals surface area contributed by atoms with Crippen LogP contribution in [0, 0.1) is 17.3 Å². The summed E-state index contributed by atoms with van der Waals surface area (Å²) in [5, 5.41) is 30.8. The van der Waals surface area contributed by atoms with Crippen molar-refractivity contribution in [3.8, 4) is 5.75 Å². The first-order valence-corrected chi connectivity index (χ1v) is 8.18. The first kappa shape index (κ1) is 13.6. The lowest BCUT2D eigenvalue weighted by atomic mass is 9.54. The number of hydrogen-bond acceptors (Lipinski definition) is 3. The topological polar surface area (TPSA) is 60.7 Å². The molecule has 2 fully saturated rings. The summed E-state index contributed by atoms with van der Waals surface area (Å²) in [6.45, 7) is 2.21. The van der Waals surface area contributed by atoms with Crippen LogP contribution in [0.25, 0.3) is 0 Å². The Morgan fingerprint density at radius 2 is 1.95 bits per heavy atom. The van der Waals surface area contributed by atoms with E-state index in [9.17, 15) is 15.3 Å². The summed E-state index contributed by atoms with van der Waals surface area (Å²) in [6.07, 6.45) is 4.05. The van der Waals surface area contributed by atoms with Gasteiger partial charge in [0.05, 0.1) is 12.2 Å². The molecule has 3 aliphatic rings. The molecular formula is C18H24O3. The number of phenols is 1. The normalized spacial score (nSPS) is 44.8. The monoisotopic (exact) mass is 288 g/mol. The number of benzene rings is 1. The fraction of sp³-hybridized carbons (Fsp3) is 0.667. The lowest BCUT2D eigenvalue weighted by Gasteiger charge is -2.51. The Morgan fingerprint density at radius 3 is 2.76 bits per heavy atom. The van der Waals surface area contributed by atoms with Gasteiger partial charge < -0.3 is 15.3 Å². The average molecular weight is 288 g/mol. The van der Waals surface area contributed by atoms with Crippen LogP contribution in [0.3, 0.4) is 0 Å². The van der Waals surface area contributed by atoms with Crippen LogP contribution in [0.4, 0.5) is 0 Å². The van der Waals surface area contributed by atoms with E-state index in [1.54, 1.807) is 6.07 Å². The summed E-state index contributed by atoms with van der Waals surface area (Å²) in [5.41, 5.74) is 2.40. The van der Waals surface area contributed by atoms with Gasteiger partial charge in [-0.05, 0) is 78.5 Å². The van der Waals surface area contributed by atoms with Crippen LogP contribution in [0.5, 0.6) is 5.75 Å². The van der Waals surface area contributed by atoms with Gasteiger partial charge in [0.15, 0.2) is 0 Å². The summed E-state index contributed by atoms with van der Waals surface area (Å²) in [7, 11) is 0. The van der Waals surface area contributed by atoms with Crippen molar-refractivity contribution in [3.05, 3.63) is 29.3 Å². The van der Waals surface area contributed by atoms with Gasteiger partial charge in [0.2, 0.25) is 0 Å². The number of aliphatic hydroxyl groups is 2. The molecule has 3 N–H and O–H groups in total. The molecule has 0 amide bonds. The van der Waals surface area contributed by atoms with Crippen molar-refractivity contribution in [2.24, 2.45) is 17.3 Å². The number of rotatable bonds is 0. The molecule has 5 unspecified atom stereocenters. The predicted molar refractivity (Wildman–Crippen MR) is 80.1 cm³/mol. The van der Waals surface area contributed by atoms with E-state index in [0.29, 0.717) is 18.3 Å². The van der Waals surface area contributed by atoms with Crippen LogP contribution >= 0.6 is 0 Å². The summed E-state index contributed by atoms with van der Waals surface area (Å²) in [4.78, 5) is 0. The van der Waals surface area contributed by atoms with E-state index in [0.717, 1.165) is 31.2 Å². The van der Waals surface area contributed by atoms with Crippen LogP contribution in [0.1, 0.15) is 49.7 Å². The van der Waals surface area contributed by atoms with Crippen molar-refractivity contribution in [3.63, 3.8) is 0 Å². The molecule has 4 rings (SSSR count). The van der Waals surface area contributed by atoms with Gasteiger partial charge >= 0.3 is 0 Å². The lowest BCUT2D eigenvalue weighted by molar-refractivity contribution is -0.0627. The van der Waals surface area contributed by atoms with Crippen molar-refractivity contribution < 1.29 is 15.3 Å². The Bertz CT molecular complexity index is 570. The maximum absolute atomic E-state index is 10.7. The standard InChI is InChI=1S/C18H24O3/c1-18-7-6-13-12-3-2-11(19)8-10(12)9-15(20)17(13)14(18)4-5-16(18)21/h2-3,8,13-17,19-21H,4-7,9H2,1H3/t13?,14?,15?,16-,17?,18?/m0/s1. The molecule has 0 aliphatic heterocycles. The number of fused-ring (bicyclic) bond motifs is 5. The van der Waals surface area contributed by atoms with Gasteiger partial charge in [-0.25, -0.2) is 0 Å². The Balaban J connectivity index is 1.76. The van der Waals surface area contributed by atoms with Crippen molar-refractivity contribution in [1.82, 2.24) is 0 Å². The maximum Gasteiger partial charge on any atom is 0.115 e. The first-order valence-electron chi connectivity index (χ1n) is 8.18. The van der Waals surface area contributed by atoms with E-state index < -0.39 is 0 Å². The molecule has 1 aromatic carbocycles. The molecule has 114 valence electrons. The zero-order valence-corrected chi connectivity index (χ0v) is 12.5. The van der Waals surface area contributed by atoms with Gasteiger partial charge in [-0.1, -0.05) is 13.0 Å². The number of aromatic hydroxyl groups is 1. The Labute approximate surface area is 125 Å². The summed E-state index contributed by atoms with van der Waals surface area (Å²) in [6, 6.07) is 5.62. The molecule has 0 spiro atoms. The van der Waals surface area contributed by atoms with Gasteiger partial charge in [-0.3, -0.25) is 0 Å². The zero-order chi connectivity index (χ0) is 14.8. The van der Waals surface area contributed by atoms with Crippen molar-refractivity contribution in [2.75, 3.05) is 0 Å². The van der Waals surface area contributed by atoms with E-state index in [4.69, 9.17) is 0 Å². The smallest absolute Gasteiger partial charge is 0.115 e. The number of aliphatic hydroxyl groups excluding tert-OH is 2. The van der Waals surface area contributed by atoms with E-state index >= 15 is 0 Å².